The average Bonchev–Trinajstić information content (AvgIpc) is 2.55. The van der Waals surface area contributed by atoms with Crippen LogP contribution in [0.5, 0.6) is 0 Å². The Hall–Kier alpha value is -0.510. The number of hydrogen-bond acceptors (Lipinski definition) is 2. The van der Waals surface area contributed by atoms with Crippen LogP contribution in [0.2, 0.25) is 0 Å². The summed E-state index contributed by atoms with van der Waals surface area (Å²) in [5.41, 5.74) is 6.03. The van der Waals surface area contributed by atoms with Gasteiger partial charge in [-0.15, -0.1) is 0 Å². The maximum absolute atomic E-state index is 6.03. The standard InChI is InChI=1S/C13H22BrN3/c1-2-4-10-5-3-6-11(8-7-10)17-13(15)12(14)9-16-17/h9-11H,2-8,15H2,1H3. The minimum Gasteiger partial charge on any atom is -0.383 e. The third-order valence-corrected chi connectivity index (χ3v) is 4.50. The Balaban J connectivity index is 2.01. The van der Waals surface area contributed by atoms with Gasteiger partial charge in [-0.05, 0) is 41.1 Å². The molecule has 1 aliphatic rings. The molecular weight excluding hydrogens is 278 g/mol. The van der Waals surface area contributed by atoms with E-state index in [2.05, 4.69) is 28.0 Å². The van der Waals surface area contributed by atoms with Crippen molar-refractivity contribution in [1.29, 1.82) is 0 Å². The Kier molecular flexibility index (Phi) is 4.48. The van der Waals surface area contributed by atoms with Crippen molar-refractivity contribution in [3.8, 4) is 0 Å². The second-order valence-electron chi connectivity index (χ2n) is 5.14. The summed E-state index contributed by atoms with van der Waals surface area (Å²) in [5, 5.41) is 4.40. The van der Waals surface area contributed by atoms with Crippen LogP contribution in [-0.4, -0.2) is 9.78 Å². The van der Waals surface area contributed by atoms with E-state index in [9.17, 15) is 0 Å². The van der Waals surface area contributed by atoms with Crippen molar-refractivity contribution < 1.29 is 0 Å². The van der Waals surface area contributed by atoms with E-state index < -0.39 is 0 Å². The SMILES string of the molecule is CCCC1CCCC(n2ncc(Br)c2N)CC1. The molecular formula is C13H22BrN3. The fourth-order valence-corrected chi connectivity index (χ4v) is 3.22. The van der Waals surface area contributed by atoms with Crippen LogP contribution >= 0.6 is 15.9 Å². The molecule has 0 amide bonds. The molecule has 1 aliphatic carbocycles. The first-order chi connectivity index (χ1) is 8.22. The molecule has 0 saturated heterocycles. The molecule has 4 heteroatoms. The molecule has 17 heavy (non-hydrogen) atoms. The van der Waals surface area contributed by atoms with Crippen LogP contribution in [0.4, 0.5) is 5.82 Å². The zero-order chi connectivity index (χ0) is 12.3. The molecule has 1 saturated carbocycles. The zero-order valence-corrected chi connectivity index (χ0v) is 12.1. The second-order valence-corrected chi connectivity index (χ2v) is 5.99. The van der Waals surface area contributed by atoms with Gasteiger partial charge in [0.25, 0.3) is 0 Å². The van der Waals surface area contributed by atoms with Crippen molar-refractivity contribution in [2.24, 2.45) is 5.92 Å². The Labute approximate surface area is 112 Å². The number of nitrogens with two attached hydrogens (primary N) is 1. The van der Waals surface area contributed by atoms with Gasteiger partial charge in [-0.3, -0.25) is 0 Å². The smallest absolute Gasteiger partial charge is 0.136 e. The molecule has 1 heterocycles. The topological polar surface area (TPSA) is 43.8 Å². The van der Waals surface area contributed by atoms with Crippen LogP contribution < -0.4 is 5.73 Å². The highest BCUT2D eigenvalue weighted by Crippen LogP contribution is 2.34. The molecule has 96 valence electrons. The summed E-state index contributed by atoms with van der Waals surface area (Å²) in [5.74, 6) is 1.70. The highest BCUT2D eigenvalue weighted by atomic mass is 79.9. The van der Waals surface area contributed by atoms with Gasteiger partial charge in [0.05, 0.1) is 16.7 Å². The Morgan fingerprint density at radius 3 is 2.88 bits per heavy atom. The molecule has 0 bridgehead atoms. The van der Waals surface area contributed by atoms with Crippen LogP contribution in [0.15, 0.2) is 10.7 Å². The lowest BCUT2D eigenvalue weighted by molar-refractivity contribution is 0.388. The van der Waals surface area contributed by atoms with Crippen LogP contribution in [-0.2, 0) is 0 Å². The number of aromatic nitrogens is 2. The number of nitrogen functional groups attached to an aromatic ring is 1. The van der Waals surface area contributed by atoms with Gasteiger partial charge in [0, 0.05) is 0 Å². The molecule has 1 aromatic rings. The Morgan fingerprint density at radius 2 is 2.24 bits per heavy atom. The van der Waals surface area contributed by atoms with Gasteiger partial charge >= 0.3 is 0 Å². The summed E-state index contributed by atoms with van der Waals surface area (Å²) in [4.78, 5) is 0. The molecule has 2 rings (SSSR count). The summed E-state index contributed by atoms with van der Waals surface area (Å²) in [7, 11) is 0. The van der Waals surface area contributed by atoms with Crippen LogP contribution in [0.3, 0.4) is 0 Å². The first kappa shape index (κ1) is 12.9. The molecule has 0 radical (unpaired) electrons. The molecule has 0 aliphatic heterocycles. The molecule has 2 N–H and O–H groups in total. The van der Waals surface area contributed by atoms with Crippen molar-refractivity contribution >= 4 is 21.7 Å². The van der Waals surface area contributed by atoms with Crippen molar-refractivity contribution in [3.05, 3.63) is 10.7 Å². The zero-order valence-electron chi connectivity index (χ0n) is 10.5. The molecule has 1 aromatic heterocycles. The first-order valence-electron chi connectivity index (χ1n) is 6.70. The second kappa shape index (κ2) is 5.89. The molecule has 2 unspecified atom stereocenters. The van der Waals surface area contributed by atoms with Gasteiger partial charge in [0.2, 0.25) is 0 Å². The highest BCUT2D eigenvalue weighted by Gasteiger charge is 2.21. The predicted octanol–water partition coefficient (Wildman–Crippen LogP) is 4.15. The largest absolute Gasteiger partial charge is 0.383 e. The maximum Gasteiger partial charge on any atom is 0.136 e. The van der Waals surface area contributed by atoms with E-state index in [1.165, 1.54) is 44.9 Å². The maximum atomic E-state index is 6.03. The lowest BCUT2D eigenvalue weighted by Gasteiger charge is -2.17. The third-order valence-electron chi connectivity index (χ3n) is 3.89. The number of rotatable bonds is 3. The molecule has 0 spiro atoms. The number of nitrogens with zero attached hydrogens (tertiary/aromatic N) is 2. The van der Waals surface area contributed by atoms with Gasteiger partial charge in [-0.1, -0.05) is 32.6 Å². The fourth-order valence-electron chi connectivity index (χ4n) is 2.94. The van der Waals surface area contributed by atoms with Crippen molar-refractivity contribution in [3.63, 3.8) is 0 Å². The molecule has 2 atom stereocenters. The lowest BCUT2D eigenvalue weighted by atomic mass is 9.95. The normalized spacial score (nSPS) is 25.8. The van der Waals surface area contributed by atoms with E-state index in [-0.39, 0.29) is 0 Å². The summed E-state index contributed by atoms with van der Waals surface area (Å²) >= 11 is 3.43. The summed E-state index contributed by atoms with van der Waals surface area (Å²) in [6.45, 7) is 2.28. The van der Waals surface area contributed by atoms with Gasteiger partial charge in [0.1, 0.15) is 5.82 Å². The average molecular weight is 300 g/mol. The van der Waals surface area contributed by atoms with E-state index in [0.29, 0.717) is 6.04 Å². The third kappa shape index (κ3) is 3.03. The van der Waals surface area contributed by atoms with Crippen molar-refractivity contribution in [2.45, 2.75) is 57.9 Å². The summed E-state index contributed by atoms with van der Waals surface area (Å²) in [6.07, 6.45) is 11.0. The van der Waals surface area contributed by atoms with Gasteiger partial charge in [-0.25, -0.2) is 4.68 Å². The van der Waals surface area contributed by atoms with E-state index in [4.69, 9.17) is 5.73 Å². The first-order valence-corrected chi connectivity index (χ1v) is 7.50. The summed E-state index contributed by atoms with van der Waals surface area (Å²) < 4.78 is 2.94. The van der Waals surface area contributed by atoms with E-state index in [1.807, 2.05) is 10.9 Å². The predicted molar refractivity (Wildman–Crippen MR) is 74.9 cm³/mol. The van der Waals surface area contributed by atoms with Gasteiger partial charge in [-0.2, -0.15) is 5.10 Å². The quantitative estimate of drug-likeness (QED) is 0.852. The van der Waals surface area contributed by atoms with Gasteiger partial charge < -0.3 is 5.73 Å². The number of hydrogen-bond donors (Lipinski definition) is 1. The molecule has 3 nitrogen and oxygen atoms in total. The lowest BCUT2D eigenvalue weighted by Crippen LogP contribution is -2.12. The molecule has 1 fully saturated rings. The minimum absolute atomic E-state index is 0.503. The van der Waals surface area contributed by atoms with E-state index in [0.717, 1.165) is 16.2 Å². The number of halogens is 1. The minimum atomic E-state index is 0.503. The fraction of sp³-hybridized carbons (Fsp3) is 0.769. The van der Waals surface area contributed by atoms with E-state index in [1.54, 1.807) is 0 Å². The highest BCUT2D eigenvalue weighted by molar-refractivity contribution is 9.10. The Morgan fingerprint density at radius 1 is 1.41 bits per heavy atom. The van der Waals surface area contributed by atoms with Gasteiger partial charge in [0.15, 0.2) is 0 Å². The monoisotopic (exact) mass is 299 g/mol. The number of anilines is 1. The van der Waals surface area contributed by atoms with Crippen LogP contribution in [0.1, 0.15) is 57.9 Å². The summed E-state index contributed by atoms with van der Waals surface area (Å²) in [6, 6.07) is 0.503. The van der Waals surface area contributed by atoms with Crippen molar-refractivity contribution in [1.82, 2.24) is 9.78 Å². The van der Waals surface area contributed by atoms with Crippen LogP contribution in [0, 0.1) is 5.92 Å². The van der Waals surface area contributed by atoms with E-state index >= 15 is 0 Å². The Bertz CT molecular complexity index is 362. The molecule has 0 aromatic carbocycles. The van der Waals surface area contributed by atoms with Crippen molar-refractivity contribution in [2.75, 3.05) is 5.73 Å². The van der Waals surface area contributed by atoms with Crippen LogP contribution in [0.25, 0.3) is 0 Å².